The molecule has 0 fully saturated rings. The van der Waals surface area contributed by atoms with Crippen LogP contribution in [-0.4, -0.2) is 7.85 Å². The van der Waals surface area contributed by atoms with Crippen LogP contribution in [0.1, 0.15) is 29.4 Å². The van der Waals surface area contributed by atoms with E-state index in [4.69, 9.17) is 7.85 Å². The van der Waals surface area contributed by atoms with Crippen molar-refractivity contribution < 1.29 is 26.3 Å². The molecule has 1 aromatic rings. The van der Waals surface area contributed by atoms with E-state index in [9.17, 15) is 26.3 Å². The van der Waals surface area contributed by atoms with Crippen LogP contribution < -0.4 is 0 Å². The number of benzene rings is 1. The highest BCUT2D eigenvalue weighted by Crippen LogP contribution is 2.37. The molecule has 2 radical (unpaired) electrons. The van der Waals surface area contributed by atoms with Gasteiger partial charge >= 0.3 is 12.4 Å². The predicted molar refractivity (Wildman–Crippen MR) is 50.6 cm³/mol. The molecule has 0 saturated heterocycles. The maximum Gasteiger partial charge on any atom is 0.416 e. The SMILES string of the molecule is [B]C(C)c1cc(C(F)(F)F)cc(C(F)(F)F)c1. The van der Waals surface area contributed by atoms with Gasteiger partial charge in [-0.2, -0.15) is 26.3 Å². The van der Waals surface area contributed by atoms with E-state index in [0.29, 0.717) is 12.1 Å². The Morgan fingerprint density at radius 2 is 1.24 bits per heavy atom. The van der Waals surface area contributed by atoms with Crippen LogP contribution in [0.15, 0.2) is 18.2 Å². The van der Waals surface area contributed by atoms with Gasteiger partial charge in [-0.25, -0.2) is 0 Å². The average molecular weight is 252 g/mol. The Kier molecular flexibility index (Phi) is 3.50. The normalized spacial score (nSPS) is 14.8. The van der Waals surface area contributed by atoms with Crippen molar-refractivity contribution in [1.82, 2.24) is 0 Å². The first kappa shape index (κ1) is 13.9. The van der Waals surface area contributed by atoms with Crippen LogP contribution in [0.3, 0.4) is 0 Å². The summed E-state index contributed by atoms with van der Waals surface area (Å²) in [6, 6.07) is 1.33. The fourth-order valence-corrected chi connectivity index (χ4v) is 1.24. The summed E-state index contributed by atoms with van der Waals surface area (Å²) in [5, 5.41) is 0. The van der Waals surface area contributed by atoms with Crippen LogP contribution >= 0.6 is 0 Å². The Bertz CT molecular complexity index is 372. The molecule has 0 aromatic heterocycles. The highest BCUT2D eigenvalue weighted by molar-refractivity contribution is 6.12. The standard InChI is InChI=1S/C10H7BF6/c1-5(11)6-2-7(9(12,13)14)4-8(3-6)10(15,16)17/h2-5H,1H3. The fraction of sp³-hybridized carbons (Fsp3) is 0.400. The van der Waals surface area contributed by atoms with Crippen molar-refractivity contribution >= 4 is 7.85 Å². The second-order valence-corrected chi connectivity index (χ2v) is 3.63. The van der Waals surface area contributed by atoms with E-state index in [1.807, 2.05) is 0 Å². The van der Waals surface area contributed by atoms with Crippen molar-refractivity contribution in [2.75, 3.05) is 0 Å². The van der Waals surface area contributed by atoms with E-state index in [2.05, 4.69) is 0 Å². The van der Waals surface area contributed by atoms with E-state index in [1.165, 1.54) is 6.92 Å². The van der Waals surface area contributed by atoms with Crippen LogP contribution in [-0.2, 0) is 12.4 Å². The third-order valence-electron chi connectivity index (χ3n) is 2.14. The molecule has 92 valence electrons. The molecule has 0 aliphatic heterocycles. The van der Waals surface area contributed by atoms with Gasteiger partial charge in [-0.05, 0) is 18.2 Å². The maximum absolute atomic E-state index is 12.4. The molecular weight excluding hydrogens is 245 g/mol. The molecule has 0 N–H and O–H groups in total. The number of hydrogen-bond acceptors (Lipinski definition) is 0. The van der Waals surface area contributed by atoms with Crippen molar-refractivity contribution in [3.8, 4) is 0 Å². The van der Waals surface area contributed by atoms with Gasteiger partial charge in [0, 0.05) is 0 Å². The first-order chi connectivity index (χ1) is 7.51. The molecule has 0 amide bonds. The van der Waals surface area contributed by atoms with Crippen molar-refractivity contribution in [2.24, 2.45) is 0 Å². The molecule has 1 atom stereocenters. The topological polar surface area (TPSA) is 0 Å². The molecule has 0 aliphatic rings. The quantitative estimate of drug-likeness (QED) is 0.524. The van der Waals surface area contributed by atoms with Gasteiger partial charge < -0.3 is 0 Å². The Labute approximate surface area is 95.0 Å². The molecule has 1 unspecified atom stereocenters. The lowest BCUT2D eigenvalue weighted by molar-refractivity contribution is -0.143. The lowest BCUT2D eigenvalue weighted by Crippen LogP contribution is -2.12. The molecule has 0 bridgehead atoms. The molecule has 7 heteroatoms. The summed E-state index contributed by atoms with van der Waals surface area (Å²) in [5.74, 6) is -0.904. The van der Waals surface area contributed by atoms with Crippen LogP contribution in [0.25, 0.3) is 0 Å². The van der Waals surface area contributed by atoms with Gasteiger partial charge in [0.25, 0.3) is 0 Å². The van der Waals surface area contributed by atoms with E-state index < -0.39 is 29.3 Å². The largest absolute Gasteiger partial charge is 0.416 e. The van der Waals surface area contributed by atoms with Crippen molar-refractivity contribution in [2.45, 2.75) is 25.1 Å². The third kappa shape index (κ3) is 3.41. The Hall–Kier alpha value is -1.14. The molecule has 0 heterocycles. The smallest absolute Gasteiger partial charge is 0.166 e. The summed E-state index contributed by atoms with van der Waals surface area (Å²) in [5.41, 5.74) is -2.90. The van der Waals surface area contributed by atoms with Gasteiger partial charge in [0.1, 0.15) is 0 Å². The van der Waals surface area contributed by atoms with Crippen LogP contribution in [0.2, 0.25) is 0 Å². The second-order valence-electron chi connectivity index (χ2n) is 3.63. The third-order valence-corrected chi connectivity index (χ3v) is 2.14. The summed E-state index contributed by atoms with van der Waals surface area (Å²) in [7, 11) is 5.30. The maximum atomic E-state index is 12.4. The van der Waals surface area contributed by atoms with Gasteiger partial charge in [0.05, 0.1) is 19.0 Å². The monoisotopic (exact) mass is 252 g/mol. The number of alkyl halides is 6. The molecule has 17 heavy (non-hydrogen) atoms. The van der Waals surface area contributed by atoms with Crippen molar-refractivity contribution in [3.05, 3.63) is 34.9 Å². The zero-order chi connectivity index (χ0) is 13.4. The van der Waals surface area contributed by atoms with Crippen LogP contribution in [0, 0.1) is 0 Å². The van der Waals surface area contributed by atoms with Crippen molar-refractivity contribution in [3.63, 3.8) is 0 Å². The molecule has 0 nitrogen and oxygen atoms in total. The van der Waals surface area contributed by atoms with E-state index in [0.717, 1.165) is 0 Å². The van der Waals surface area contributed by atoms with Gasteiger partial charge in [-0.1, -0.05) is 18.3 Å². The molecule has 0 saturated carbocycles. The van der Waals surface area contributed by atoms with E-state index >= 15 is 0 Å². The number of halogens is 6. The minimum atomic E-state index is -4.83. The summed E-state index contributed by atoms with van der Waals surface area (Å²) < 4.78 is 74.3. The van der Waals surface area contributed by atoms with Gasteiger partial charge in [-0.15, -0.1) is 0 Å². The summed E-state index contributed by atoms with van der Waals surface area (Å²) >= 11 is 0. The average Bonchev–Trinajstić information content (AvgIpc) is 2.14. The minimum absolute atomic E-state index is 0.0753. The number of hydrogen-bond donors (Lipinski definition) is 0. The highest BCUT2D eigenvalue weighted by atomic mass is 19.4. The highest BCUT2D eigenvalue weighted by Gasteiger charge is 2.36. The summed E-state index contributed by atoms with van der Waals surface area (Å²) in [6.45, 7) is 1.32. The first-order valence-corrected chi connectivity index (χ1v) is 4.57. The van der Waals surface area contributed by atoms with E-state index in [-0.39, 0.29) is 11.6 Å². The Morgan fingerprint density at radius 3 is 1.47 bits per heavy atom. The Balaban J connectivity index is 3.40. The predicted octanol–water partition coefficient (Wildman–Crippen LogP) is 3.95. The molecular formula is C10H7BF6. The van der Waals surface area contributed by atoms with Gasteiger partial charge in [-0.3, -0.25) is 0 Å². The second kappa shape index (κ2) is 4.27. The lowest BCUT2D eigenvalue weighted by atomic mass is 9.81. The number of rotatable bonds is 1. The first-order valence-electron chi connectivity index (χ1n) is 4.57. The molecule has 1 aromatic carbocycles. The minimum Gasteiger partial charge on any atom is -0.166 e. The molecule has 0 aliphatic carbocycles. The molecule has 0 spiro atoms. The summed E-state index contributed by atoms with van der Waals surface area (Å²) in [4.78, 5) is 0. The van der Waals surface area contributed by atoms with Crippen LogP contribution in [0.4, 0.5) is 26.3 Å². The summed E-state index contributed by atoms with van der Waals surface area (Å²) in [6.07, 6.45) is -9.66. The zero-order valence-electron chi connectivity index (χ0n) is 8.65. The van der Waals surface area contributed by atoms with Gasteiger partial charge in [0.2, 0.25) is 0 Å². The van der Waals surface area contributed by atoms with E-state index in [1.54, 1.807) is 0 Å². The van der Waals surface area contributed by atoms with Crippen molar-refractivity contribution in [1.29, 1.82) is 0 Å². The van der Waals surface area contributed by atoms with Crippen LogP contribution in [0.5, 0.6) is 0 Å². The molecule has 1 rings (SSSR count). The Morgan fingerprint density at radius 1 is 0.882 bits per heavy atom. The fourth-order valence-electron chi connectivity index (χ4n) is 1.24. The lowest BCUT2D eigenvalue weighted by Gasteiger charge is -2.15. The zero-order valence-corrected chi connectivity index (χ0v) is 8.65. The van der Waals surface area contributed by atoms with Gasteiger partial charge in [0.15, 0.2) is 0 Å².